The smallest absolute Gasteiger partial charge is 0.159 e. The van der Waals surface area contributed by atoms with Gasteiger partial charge in [0.05, 0.1) is 5.69 Å². The van der Waals surface area contributed by atoms with Crippen molar-refractivity contribution in [1.82, 2.24) is 0 Å². The third-order valence-electron chi connectivity index (χ3n) is 3.45. The number of hydrogen-bond acceptors (Lipinski definition) is 3. The lowest BCUT2D eigenvalue weighted by molar-refractivity contribution is 0.372. The Bertz CT molecular complexity index is 378. The summed E-state index contributed by atoms with van der Waals surface area (Å²) in [6.45, 7) is 0.599. The van der Waals surface area contributed by atoms with E-state index in [1.54, 1.807) is 0 Å². The molecule has 0 saturated heterocycles. The first-order valence-corrected chi connectivity index (χ1v) is 6.19. The van der Waals surface area contributed by atoms with Gasteiger partial charge in [0.1, 0.15) is 5.75 Å². The molecule has 0 spiro atoms. The molecule has 0 unspecified atom stereocenters. The molecule has 0 amide bonds. The molecule has 16 heavy (non-hydrogen) atoms. The summed E-state index contributed by atoms with van der Waals surface area (Å²) in [5.74, 6) is 0.973. The zero-order chi connectivity index (χ0) is 10.8. The third kappa shape index (κ3) is 1.94. The molecule has 2 aliphatic rings. The summed E-state index contributed by atoms with van der Waals surface area (Å²) < 4.78 is 5.48. The lowest BCUT2D eigenvalue weighted by atomic mass is 9.95. The summed E-state index contributed by atoms with van der Waals surface area (Å²) in [4.78, 5) is 0. The highest BCUT2D eigenvalue weighted by Gasteiger charge is 2.15. The van der Waals surface area contributed by atoms with Crippen LogP contribution in [0.1, 0.15) is 33.5 Å². The Labute approximate surface area is 97.7 Å². The molecule has 88 valence electrons. The van der Waals surface area contributed by atoms with E-state index in [1.807, 2.05) is 0 Å². The molecule has 0 bridgehead atoms. The molecule has 2 N–H and O–H groups in total. The number of benzene rings is 1. The zero-order valence-corrected chi connectivity index (χ0v) is 9.46. The summed E-state index contributed by atoms with van der Waals surface area (Å²) >= 11 is 0. The van der Waals surface area contributed by atoms with Gasteiger partial charge in [-0.25, -0.2) is 0 Å². The van der Waals surface area contributed by atoms with Gasteiger partial charge in [-0.3, -0.25) is 0 Å². The van der Waals surface area contributed by atoms with Gasteiger partial charge in [0.2, 0.25) is 0 Å². The Morgan fingerprint density at radius 1 is 1.25 bits per heavy atom. The van der Waals surface area contributed by atoms with Crippen molar-refractivity contribution in [3.63, 3.8) is 0 Å². The summed E-state index contributed by atoms with van der Waals surface area (Å²) in [6, 6.07) is 6.98. The predicted molar refractivity (Wildman–Crippen MR) is 68.2 cm³/mol. The average molecular weight is 220 g/mol. The van der Waals surface area contributed by atoms with Crippen LogP contribution in [0.3, 0.4) is 0 Å². The van der Waals surface area contributed by atoms with E-state index in [9.17, 15) is 0 Å². The second-order valence-electron chi connectivity index (χ2n) is 4.66. The molecule has 0 aromatic heterocycles. The SMILES string of the molecule is [HH].c1cc2c(cc1NC1CCCCC1)OCN2. The number of anilines is 2. The molecular formula is C13H20N2O. The Balaban J connectivity index is 0.00000108. The monoisotopic (exact) mass is 220 g/mol. The molecular weight excluding hydrogens is 200 g/mol. The van der Waals surface area contributed by atoms with E-state index in [0.29, 0.717) is 12.8 Å². The molecule has 1 aliphatic carbocycles. The standard InChI is InChI=1S/C13H18N2O.H2/c1-2-4-10(5-3-1)15-11-6-7-12-13(8-11)16-9-14-12;/h6-8,10,14-15H,1-5,9H2;1H. The summed E-state index contributed by atoms with van der Waals surface area (Å²) in [5.41, 5.74) is 2.29. The second-order valence-corrected chi connectivity index (χ2v) is 4.66. The van der Waals surface area contributed by atoms with Crippen LogP contribution in [0.25, 0.3) is 0 Å². The molecule has 3 rings (SSSR count). The number of ether oxygens (including phenoxy) is 1. The van der Waals surface area contributed by atoms with Gasteiger partial charge in [0.25, 0.3) is 0 Å². The first kappa shape index (κ1) is 9.82. The molecule has 0 radical (unpaired) electrons. The lowest BCUT2D eigenvalue weighted by Gasteiger charge is -2.23. The van der Waals surface area contributed by atoms with Gasteiger partial charge in [0.15, 0.2) is 6.73 Å². The van der Waals surface area contributed by atoms with Crippen molar-refractivity contribution in [2.75, 3.05) is 17.4 Å². The van der Waals surface area contributed by atoms with Crippen LogP contribution >= 0.6 is 0 Å². The Hall–Kier alpha value is -1.38. The predicted octanol–water partition coefficient (Wildman–Crippen LogP) is 3.44. The van der Waals surface area contributed by atoms with Crippen LogP contribution in [-0.4, -0.2) is 12.8 Å². The molecule has 1 aromatic carbocycles. The maximum absolute atomic E-state index is 5.48. The minimum Gasteiger partial charge on any atom is -0.471 e. The molecule has 1 heterocycles. The van der Waals surface area contributed by atoms with Gasteiger partial charge in [-0.05, 0) is 25.0 Å². The summed E-state index contributed by atoms with van der Waals surface area (Å²) in [7, 11) is 0. The van der Waals surface area contributed by atoms with Crippen molar-refractivity contribution in [1.29, 1.82) is 0 Å². The molecule has 3 nitrogen and oxygen atoms in total. The largest absolute Gasteiger partial charge is 0.471 e. The Kier molecular flexibility index (Phi) is 2.60. The van der Waals surface area contributed by atoms with E-state index >= 15 is 0 Å². The normalized spacial score (nSPS) is 19.8. The van der Waals surface area contributed by atoms with Crippen LogP contribution in [0.2, 0.25) is 0 Å². The van der Waals surface area contributed by atoms with Gasteiger partial charge in [-0.1, -0.05) is 19.3 Å². The number of fused-ring (bicyclic) bond motifs is 1. The van der Waals surface area contributed by atoms with Crippen LogP contribution < -0.4 is 15.4 Å². The van der Waals surface area contributed by atoms with Crippen molar-refractivity contribution in [3.8, 4) is 5.75 Å². The van der Waals surface area contributed by atoms with E-state index in [-0.39, 0.29) is 1.43 Å². The van der Waals surface area contributed by atoms with Crippen LogP contribution in [0.4, 0.5) is 11.4 Å². The highest BCUT2D eigenvalue weighted by atomic mass is 16.5. The van der Waals surface area contributed by atoms with E-state index < -0.39 is 0 Å². The molecule has 1 saturated carbocycles. The topological polar surface area (TPSA) is 33.3 Å². The minimum atomic E-state index is 0. The Morgan fingerprint density at radius 2 is 2.12 bits per heavy atom. The molecule has 1 fully saturated rings. The van der Waals surface area contributed by atoms with E-state index in [1.165, 1.54) is 37.8 Å². The van der Waals surface area contributed by atoms with Crippen molar-refractivity contribution < 1.29 is 6.16 Å². The van der Waals surface area contributed by atoms with E-state index in [2.05, 4.69) is 28.8 Å². The van der Waals surface area contributed by atoms with Crippen molar-refractivity contribution in [2.24, 2.45) is 0 Å². The van der Waals surface area contributed by atoms with Crippen LogP contribution in [-0.2, 0) is 0 Å². The van der Waals surface area contributed by atoms with E-state index in [0.717, 1.165) is 11.4 Å². The quantitative estimate of drug-likeness (QED) is 0.801. The van der Waals surface area contributed by atoms with Gasteiger partial charge >= 0.3 is 0 Å². The fraction of sp³-hybridized carbons (Fsp3) is 0.538. The molecule has 1 aliphatic heterocycles. The summed E-state index contributed by atoms with van der Waals surface area (Å²) in [5, 5.41) is 6.78. The number of rotatable bonds is 2. The maximum atomic E-state index is 5.48. The first-order chi connectivity index (χ1) is 7.92. The third-order valence-corrected chi connectivity index (χ3v) is 3.45. The highest BCUT2D eigenvalue weighted by Crippen LogP contribution is 2.32. The molecule has 1 aromatic rings. The highest BCUT2D eigenvalue weighted by molar-refractivity contribution is 5.65. The van der Waals surface area contributed by atoms with Crippen LogP contribution in [0, 0.1) is 0 Å². The van der Waals surface area contributed by atoms with Gasteiger partial charge in [0, 0.05) is 19.2 Å². The molecule has 0 atom stereocenters. The Morgan fingerprint density at radius 3 is 3.00 bits per heavy atom. The second kappa shape index (κ2) is 4.24. The average Bonchev–Trinajstić information content (AvgIpc) is 2.77. The van der Waals surface area contributed by atoms with Crippen molar-refractivity contribution >= 4 is 11.4 Å². The lowest BCUT2D eigenvalue weighted by Crippen LogP contribution is -2.22. The van der Waals surface area contributed by atoms with E-state index in [4.69, 9.17) is 4.74 Å². The van der Waals surface area contributed by atoms with Gasteiger partial charge in [-0.2, -0.15) is 0 Å². The zero-order valence-electron chi connectivity index (χ0n) is 9.46. The number of hydrogen-bond donors (Lipinski definition) is 2. The minimum absolute atomic E-state index is 0. The van der Waals surface area contributed by atoms with Gasteiger partial charge in [-0.15, -0.1) is 0 Å². The number of nitrogens with one attached hydrogen (secondary N) is 2. The van der Waals surface area contributed by atoms with Crippen LogP contribution in [0.5, 0.6) is 5.75 Å². The maximum Gasteiger partial charge on any atom is 0.159 e. The fourth-order valence-electron chi connectivity index (χ4n) is 2.55. The fourth-order valence-corrected chi connectivity index (χ4v) is 2.55. The van der Waals surface area contributed by atoms with Crippen molar-refractivity contribution in [3.05, 3.63) is 18.2 Å². The first-order valence-electron chi connectivity index (χ1n) is 6.19. The van der Waals surface area contributed by atoms with Crippen LogP contribution in [0.15, 0.2) is 18.2 Å². The summed E-state index contributed by atoms with van der Waals surface area (Å²) in [6.07, 6.45) is 6.73. The van der Waals surface area contributed by atoms with Gasteiger partial charge < -0.3 is 15.4 Å². The van der Waals surface area contributed by atoms with Crippen molar-refractivity contribution in [2.45, 2.75) is 38.1 Å². The molecule has 3 heteroatoms.